The maximum Gasteiger partial charge on any atom is 0.132 e. The molecular weight excluding hydrogens is 217 g/mol. The number of hydrogen-bond donors (Lipinski definition) is 1. The minimum atomic E-state index is -0.277. The molecule has 0 amide bonds. The van der Waals surface area contributed by atoms with Crippen LogP contribution in [0.3, 0.4) is 0 Å². The van der Waals surface area contributed by atoms with Crippen LogP contribution >= 0.6 is 0 Å². The normalized spacial score (nSPS) is 17.1. The predicted molar refractivity (Wildman–Crippen MR) is 63.7 cm³/mol. The highest BCUT2D eigenvalue weighted by Gasteiger charge is 2.42. The Kier molecular flexibility index (Phi) is 2.10. The molecule has 0 aliphatic heterocycles. The molecule has 1 saturated carbocycles. The van der Waals surface area contributed by atoms with Gasteiger partial charge in [-0.1, -0.05) is 12.1 Å². The Hall–Kier alpha value is -1.68. The molecule has 1 aliphatic carbocycles. The van der Waals surface area contributed by atoms with Crippen molar-refractivity contribution in [2.24, 2.45) is 12.8 Å². The Morgan fingerprint density at radius 2 is 2.06 bits per heavy atom. The van der Waals surface area contributed by atoms with Crippen LogP contribution in [0.2, 0.25) is 0 Å². The number of nitrogens with zero attached hydrogens (tertiary/aromatic N) is 2. The van der Waals surface area contributed by atoms with Crippen LogP contribution in [0.15, 0.2) is 30.3 Å². The molecule has 4 heteroatoms. The Bertz CT molecular complexity index is 570. The predicted octanol–water partition coefficient (Wildman–Crippen LogP) is 2.17. The van der Waals surface area contributed by atoms with Crippen molar-refractivity contribution >= 4 is 0 Å². The largest absolute Gasteiger partial charge is 0.320 e. The molecule has 1 aromatic heterocycles. The molecule has 1 heterocycles. The highest BCUT2D eigenvalue weighted by molar-refractivity contribution is 5.61. The first-order valence-corrected chi connectivity index (χ1v) is 5.68. The van der Waals surface area contributed by atoms with Crippen LogP contribution < -0.4 is 5.73 Å². The fourth-order valence-electron chi connectivity index (χ4n) is 2.02. The molecule has 0 radical (unpaired) electrons. The quantitative estimate of drug-likeness (QED) is 0.860. The summed E-state index contributed by atoms with van der Waals surface area (Å²) in [5.74, 6) is -0.232. The second kappa shape index (κ2) is 3.40. The van der Waals surface area contributed by atoms with E-state index in [2.05, 4.69) is 5.10 Å². The van der Waals surface area contributed by atoms with Crippen LogP contribution in [-0.2, 0) is 12.6 Å². The number of nitrogens with two attached hydrogens (primary N) is 1. The Balaban J connectivity index is 2.10. The van der Waals surface area contributed by atoms with Crippen LogP contribution in [-0.4, -0.2) is 9.78 Å². The van der Waals surface area contributed by atoms with Gasteiger partial charge in [-0.2, -0.15) is 5.10 Å². The summed E-state index contributed by atoms with van der Waals surface area (Å²) in [5, 5.41) is 4.39. The molecule has 17 heavy (non-hydrogen) atoms. The van der Waals surface area contributed by atoms with Crippen molar-refractivity contribution in [3.05, 3.63) is 41.8 Å². The average molecular weight is 231 g/mol. The summed E-state index contributed by atoms with van der Waals surface area (Å²) in [6.45, 7) is 0. The molecule has 88 valence electrons. The summed E-state index contributed by atoms with van der Waals surface area (Å²) in [4.78, 5) is 0. The number of aromatic nitrogens is 2. The Labute approximate surface area is 99.1 Å². The summed E-state index contributed by atoms with van der Waals surface area (Å²) in [5.41, 5.74) is 8.02. The van der Waals surface area contributed by atoms with Gasteiger partial charge >= 0.3 is 0 Å². The molecule has 0 atom stereocenters. The number of hydrogen-bond acceptors (Lipinski definition) is 2. The van der Waals surface area contributed by atoms with E-state index in [1.165, 1.54) is 6.07 Å². The monoisotopic (exact) mass is 231 g/mol. The van der Waals surface area contributed by atoms with Crippen molar-refractivity contribution in [3.8, 4) is 11.3 Å². The maximum absolute atomic E-state index is 13.7. The van der Waals surface area contributed by atoms with Gasteiger partial charge in [-0.05, 0) is 31.0 Å². The van der Waals surface area contributed by atoms with Crippen LogP contribution in [0.25, 0.3) is 11.3 Å². The van der Waals surface area contributed by atoms with E-state index in [1.54, 1.807) is 16.8 Å². The molecule has 1 aliphatic rings. The summed E-state index contributed by atoms with van der Waals surface area (Å²) in [7, 11) is 1.82. The summed E-state index contributed by atoms with van der Waals surface area (Å²) in [6.07, 6.45) is 1.92. The molecule has 0 bridgehead atoms. The Morgan fingerprint density at radius 1 is 1.35 bits per heavy atom. The van der Waals surface area contributed by atoms with Crippen molar-refractivity contribution in [3.63, 3.8) is 0 Å². The zero-order chi connectivity index (χ0) is 12.0. The van der Waals surface area contributed by atoms with E-state index in [1.807, 2.05) is 19.2 Å². The number of benzene rings is 1. The third-order valence-electron chi connectivity index (χ3n) is 3.33. The van der Waals surface area contributed by atoms with E-state index in [9.17, 15) is 4.39 Å². The lowest BCUT2D eigenvalue weighted by Gasteiger charge is -2.02. The standard InChI is InChI=1S/C13H14FN3/c1-17-11(9-4-2-3-5-10(9)14)8-12(16-17)13(15)6-7-13/h2-5,8H,6-7,15H2,1H3. The fraction of sp³-hybridized carbons (Fsp3) is 0.308. The van der Waals surface area contributed by atoms with Crippen molar-refractivity contribution in [1.29, 1.82) is 0 Å². The fourth-order valence-corrected chi connectivity index (χ4v) is 2.02. The van der Waals surface area contributed by atoms with E-state index in [0.717, 1.165) is 24.2 Å². The van der Waals surface area contributed by atoms with Gasteiger partial charge in [0, 0.05) is 12.6 Å². The summed E-state index contributed by atoms with van der Waals surface area (Å²) in [6, 6.07) is 8.61. The zero-order valence-electron chi connectivity index (χ0n) is 9.65. The van der Waals surface area contributed by atoms with Gasteiger partial charge < -0.3 is 5.73 Å². The minimum absolute atomic E-state index is 0.232. The lowest BCUT2D eigenvalue weighted by Crippen LogP contribution is -2.19. The SMILES string of the molecule is Cn1nc(C2(N)CC2)cc1-c1ccccc1F. The maximum atomic E-state index is 13.7. The van der Waals surface area contributed by atoms with Gasteiger partial charge in [-0.3, -0.25) is 4.68 Å². The van der Waals surface area contributed by atoms with Gasteiger partial charge in [-0.15, -0.1) is 0 Å². The van der Waals surface area contributed by atoms with Crippen molar-refractivity contribution < 1.29 is 4.39 Å². The molecule has 0 unspecified atom stereocenters. The first kappa shape index (κ1) is 10.5. The number of aryl methyl sites for hydroxylation is 1. The first-order chi connectivity index (χ1) is 8.10. The Morgan fingerprint density at radius 3 is 2.71 bits per heavy atom. The molecule has 2 N–H and O–H groups in total. The van der Waals surface area contributed by atoms with Crippen molar-refractivity contribution in [2.75, 3.05) is 0 Å². The highest BCUT2D eigenvalue weighted by atomic mass is 19.1. The van der Waals surface area contributed by atoms with E-state index in [0.29, 0.717) is 5.56 Å². The molecule has 1 fully saturated rings. The topological polar surface area (TPSA) is 43.8 Å². The van der Waals surface area contributed by atoms with Gasteiger partial charge in [0.15, 0.2) is 0 Å². The summed E-state index contributed by atoms with van der Waals surface area (Å²) < 4.78 is 15.4. The third-order valence-corrected chi connectivity index (χ3v) is 3.33. The molecule has 2 aromatic rings. The van der Waals surface area contributed by atoms with Crippen molar-refractivity contribution in [1.82, 2.24) is 9.78 Å². The number of halogens is 1. The zero-order valence-corrected chi connectivity index (χ0v) is 9.65. The van der Waals surface area contributed by atoms with Crippen LogP contribution in [0.1, 0.15) is 18.5 Å². The van der Waals surface area contributed by atoms with Crippen LogP contribution in [0, 0.1) is 5.82 Å². The molecule has 0 spiro atoms. The van der Waals surface area contributed by atoms with Gasteiger partial charge in [0.25, 0.3) is 0 Å². The average Bonchev–Trinajstić information content (AvgIpc) is 2.93. The van der Waals surface area contributed by atoms with E-state index in [-0.39, 0.29) is 11.4 Å². The second-order valence-corrected chi connectivity index (χ2v) is 4.67. The highest BCUT2D eigenvalue weighted by Crippen LogP contribution is 2.42. The molecule has 1 aromatic carbocycles. The van der Waals surface area contributed by atoms with Gasteiger partial charge in [0.1, 0.15) is 5.82 Å². The van der Waals surface area contributed by atoms with Crippen molar-refractivity contribution in [2.45, 2.75) is 18.4 Å². The molecule has 0 saturated heterocycles. The summed E-state index contributed by atoms with van der Waals surface area (Å²) >= 11 is 0. The van der Waals surface area contributed by atoms with Gasteiger partial charge in [0.2, 0.25) is 0 Å². The molecule has 3 rings (SSSR count). The van der Waals surface area contributed by atoms with Crippen LogP contribution in [0.5, 0.6) is 0 Å². The lowest BCUT2D eigenvalue weighted by atomic mass is 10.1. The van der Waals surface area contributed by atoms with E-state index in [4.69, 9.17) is 5.73 Å². The number of rotatable bonds is 2. The van der Waals surface area contributed by atoms with E-state index < -0.39 is 0 Å². The smallest absolute Gasteiger partial charge is 0.132 e. The first-order valence-electron chi connectivity index (χ1n) is 5.68. The third kappa shape index (κ3) is 1.65. The van der Waals surface area contributed by atoms with Crippen LogP contribution in [0.4, 0.5) is 4.39 Å². The molecular formula is C13H14FN3. The second-order valence-electron chi connectivity index (χ2n) is 4.67. The molecule has 3 nitrogen and oxygen atoms in total. The lowest BCUT2D eigenvalue weighted by molar-refractivity contribution is 0.626. The minimum Gasteiger partial charge on any atom is -0.320 e. The van der Waals surface area contributed by atoms with Gasteiger partial charge in [-0.25, -0.2) is 4.39 Å². The van der Waals surface area contributed by atoms with E-state index >= 15 is 0 Å². The van der Waals surface area contributed by atoms with Gasteiger partial charge in [0.05, 0.1) is 16.9 Å².